The fourth-order valence-electron chi connectivity index (χ4n) is 4.68. The van der Waals surface area contributed by atoms with Gasteiger partial charge in [0.05, 0.1) is 0 Å². The molecule has 1 N–H and O–H groups in total. The topological polar surface area (TPSA) is 63.6 Å². The number of ether oxygens (including phenoxy) is 1. The van der Waals surface area contributed by atoms with Crippen molar-refractivity contribution in [2.45, 2.75) is 41.4 Å². The number of halogens is 4. The van der Waals surface area contributed by atoms with Crippen molar-refractivity contribution >= 4 is 21.9 Å². The van der Waals surface area contributed by atoms with Gasteiger partial charge < -0.3 is 4.74 Å². The van der Waals surface area contributed by atoms with Crippen LogP contribution in [0.1, 0.15) is 37.2 Å². The van der Waals surface area contributed by atoms with E-state index in [0.29, 0.717) is 17.4 Å². The number of hydrogen-bond acceptors (Lipinski definition) is 4. The first-order chi connectivity index (χ1) is 14.1. The summed E-state index contributed by atoms with van der Waals surface area (Å²) in [6, 6.07) is 4.99. The Balaban J connectivity index is 1.80. The van der Waals surface area contributed by atoms with Crippen LogP contribution in [0.4, 0.5) is 17.6 Å². The fraction of sp³-hybridized carbons (Fsp3) is 0.400. The van der Waals surface area contributed by atoms with E-state index >= 15 is 0 Å². The monoisotopic (exact) mass is 462 g/mol. The van der Waals surface area contributed by atoms with E-state index in [4.69, 9.17) is 9.29 Å². The zero-order valence-electron chi connectivity index (χ0n) is 15.8. The smallest absolute Gasteiger partial charge is 0.300 e. The summed E-state index contributed by atoms with van der Waals surface area (Å²) < 4.78 is 93.6. The van der Waals surface area contributed by atoms with Crippen LogP contribution >= 0.6 is 11.8 Å². The molecule has 0 aliphatic heterocycles. The van der Waals surface area contributed by atoms with Gasteiger partial charge in [-0.3, -0.25) is 4.55 Å². The summed E-state index contributed by atoms with van der Waals surface area (Å²) in [7, 11) is -5.52. The fourth-order valence-corrected chi connectivity index (χ4v) is 5.76. The second-order valence-electron chi connectivity index (χ2n) is 7.68. The molecule has 0 aromatic heterocycles. The molecule has 30 heavy (non-hydrogen) atoms. The lowest BCUT2D eigenvalue weighted by atomic mass is 9.83. The van der Waals surface area contributed by atoms with Gasteiger partial charge in [-0.25, -0.2) is 8.78 Å². The van der Waals surface area contributed by atoms with Crippen LogP contribution in [-0.2, 0) is 10.1 Å². The number of fused-ring (bicyclic) bond motifs is 2. The highest BCUT2D eigenvalue weighted by Crippen LogP contribution is 2.55. The minimum atomic E-state index is -5.52. The van der Waals surface area contributed by atoms with Crippen LogP contribution in [0.3, 0.4) is 0 Å². The van der Waals surface area contributed by atoms with Gasteiger partial charge in [-0.05, 0) is 67.0 Å². The van der Waals surface area contributed by atoms with Crippen molar-refractivity contribution in [1.82, 2.24) is 0 Å². The molecule has 3 atom stereocenters. The van der Waals surface area contributed by atoms with Gasteiger partial charge in [0, 0.05) is 4.90 Å². The molecule has 2 aliphatic rings. The average Bonchev–Trinajstić information content (AvgIpc) is 3.32. The van der Waals surface area contributed by atoms with Gasteiger partial charge >= 0.3 is 10.1 Å². The summed E-state index contributed by atoms with van der Waals surface area (Å²) in [6.07, 6.45) is 6.00. The summed E-state index contributed by atoms with van der Waals surface area (Å²) in [4.78, 5) is -1.18. The largest absolute Gasteiger partial charge is 0.451 e. The van der Waals surface area contributed by atoms with Crippen molar-refractivity contribution in [3.05, 3.63) is 47.0 Å². The van der Waals surface area contributed by atoms with Gasteiger partial charge in [0.2, 0.25) is 17.4 Å². The van der Waals surface area contributed by atoms with Crippen molar-refractivity contribution in [3.8, 4) is 11.5 Å². The summed E-state index contributed by atoms with van der Waals surface area (Å²) >= 11 is 1.47. The summed E-state index contributed by atoms with van der Waals surface area (Å²) in [5.74, 6) is -8.81. The first-order valence-electron chi connectivity index (χ1n) is 9.31. The van der Waals surface area contributed by atoms with E-state index in [-0.39, 0.29) is 11.7 Å². The zero-order valence-corrected chi connectivity index (χ0v) is 17.4. The third-order valence-corrected chi connectivity index (χ3v) is 7.61. The normalized spacial score (nSPS) is 23.2. The van der Waals surface area contributed by atoms with Crippen molar-refractivity contribution < 1.29 is 35.3 Å². The molecule has 0 amide bonds. The van der Waals surface area contributed by atoms with Crippen LogP contribution in [0.5, 0.6) is 11.5 Å². The molecule has 10 heteroatoms. The first kappa shape index (κ1) is 21.5. The van der Waals surface area contributed by atoms with Crippen LogP contribution in [0.15, 0.2) is 28.0 Å². The van der Waals surface area contributed by atoms with Crippen LogP contribution < -0.4 is 4.74 Å². The minimum absolute atomic E-state index is 0.0570. The number of benzene rings is 2. The van der Waals surface area contributed by atoms with E-state index in [9.17, 15) is 26.0 Å². The van der Waals surface area contributed by atoms with Crippen molar-refractivity contribution in [2.75, 3.05) is 6.26 Å². The Bertz CT molecular complexity index is 1090. The van der Waals surface area contributed by atoms with Gasteiger partial charge in [0.1, 0.15) is 5.75 Å². The lowest BCUT2D eigenvalue weighted by Crippen LogP contribution is -2.13. The van der Waals surface area contributed by atoms with E-state index in [1.165, 1.54) is 17.8 Å². The highest BCUT2D eigenvalue weighted by molar-refractivity contribution is 7.98. The molecule has 2 aliphatic carbocycles. The molecule has 4 nitrogen and oxygen atoms in total. The predicted octanol–water partition coefficient (Wildman–Crippen LogP) is 5.91. The number of hydrogen-bond donors (Lipinski definition) is 1. The molecule has 162 valence electrons. The van der Waals surface area contributed by atoms with Crippen LogP contribution in [0.2, 0.25) is 0 Å². The van der Waals surface area contributed by atoms with Crippen molar-refractivity contribution in [1.29, 1.82) is 0 Å². The Morgan fingerprint density at radius 1 is 1.03 bits per heavy atom. The Kier molecular flexibility index (Phi) is 5.52. The number of rotatable bonds is 5. The molecule has 4 rings (SSSR count). The molecule has 2 bridgehead atoms. The third-order valence-electron chi connectivity index (χ3n) is 6.01. The zero-order chi connectivity index (χ0) is 21.8. The molecule has 2 saturated carbocycles. The predicted molar refractivity (Wildman–Crippen MR) is 103 cm³/mol. The van der Waals surface area contributed by atoms with Gasteiger partial charge in [-0.2, -0.15) is 17.2 Å². The van der Waals surface area contributed by atoms with E-state index in [2.05, 4.69) is 0 Å². The van der Waals surface area contributed by atoms with Gasteiger partial charge in [-0.1, -0.05) is 6.42 Å². The van der Waals surface area contributed by atoms with Crippen molar-refractivity contribution in [3.63, 3.8) is 0 Å². The van der Waals surface area contributed by atoms with Gasteiger partial charge in [0.15, 0.2) is 16.5 Å². The van der Waals surface area contributed by atoms with Crippen LogP contribution in [0.25, 0.3) is 0 Å². The quantitative estimate of drug-likeness (QED) is 0.259. The highest BCUT2D eigenvalue weighted by atomic mass is 32.2. The molecule has 0 saturated heterocycles. The lowest BCUT2D eigenvalue weighted by Gasteiger charge is -2.25. The molecule has 0 heterocycles. The highest BCUT2D eigenvalue weighted by Gasteiger charge is 2.42. The van der Waals surface area contributed by atoms with E-state index < -0.39 is 44.0 Å². The summed E-state index contributed by atoms with van der Waals surface area (Å²) in [5.41, 5.74) is 0.701. The second kappa shape index (κ2) is 7.72. The first-order valence-corrected chi connectivity index (χ1v) is 12.0. The summed E-state index contributed by atoms with van der Waals surface area (Å²) in [6.45, 7) is 0. The molecule has 0 spiro atoms. The molecule has 2 aromatic rings. The van der Waals surface area contributed by atoms with E-state index in [0.717, 1.165) is 30.6 Å². The number of thioether (sulfide) groups is 1. The molecule has 3 unspecified atom stereocenters. The Morgan fingerprint density at radius 3 is 2.20 bits per heavy atom. The summed E-state index contributed by atoms with van der Waals surface area (Å²) in [5, 5.41) is 0. The maximum Gasteiger partial charge on any atom is 0.300 e. The maximum atomic E-state index is 14.4. The standard InChI is InChI=1S/C20H18F4O4S2/c1-29-11-4-5-14(13(8-11)12-7-9-2-3-10(12)6-9)28-19-15(21)17(23)20(30(25,26)27)18(24)16(19)22/h4-5,8-10,12H,2-3,6-7H2,1H3,(H,25,26,27). The Morgan fingerprint density at radius 2 is 1.70 bits per heavy atom. The average molecular weight is 462 g/mol. The van der Waals surface area contributed by atoms with Crippen LogP contribution in [0, 0.1) is 35.1 Å². The SMILES string of the molecule is CSc1ccc(Oc2c(F)c(F)c(S(=O)(=O)O)c(F)c2F)c(C2CC3CCC2C3)c1. The maximum absolute atomic E-state index is 14.4. The molecular weight excluding hydrogens is 444 g/mol. The molecule has 2 fully saturated rings. The van der Waals surface area contributed by atoms with Crippen LogP contribution in [-0.4, -0.2) is 19.2 Å². The minimum Gasteiger partial charge on any atom is -0.451 e. The van der Waals surface area contributed by atoms with Gasteiger partial charge in [-0.15, -0.1) is 11.8 Å². The van der Waals surface area contributed by atoms with Gasteiger partial charge in [0.25, 0.3) is 0 Å². The van der Waals surface area contributed by atoms with E-state index in [1.54, 1.807) is 6.07 Å². The Hall–Kier alpha value is -1.78. The Labute approximate surface area is 175 Å². The lowest BCUT2D eigenvalue weighted by molar-refractivity contribution is 0.339. The van der Waals surface area contributed by atoms with Crippen molar-refractivity contribution in [2.24, 2.45) is 11.8 Å². The molecule has 0 radical (unpaired) electrons. The second-order valence-corrected chi connectivity index (χ2v) is 9.91. The van der Waals surface area contributed by atoms with E-state index in [1.807, 2.05) is 12.3 Å². The third kappa shape index (κ3) is 3.58. The molecule has 2 aromatic carbocycles. The molecular formula is C20H18F4O4S2.